The number of allylic oxidation sites excluding steroid dienone is 2. The van der Waals surface area contributed by atoms with Crippen molar-refractivity contribution in [1.29, 1.82) is 0 Å². The van der Waals surface area contributed by atoms with Crippen LogP contribution in [0.3, 0.4) is 0 Å². The summed E-state index contributed by atoms with van der Waals surface area (Å²) in [6.07, 6.45) is 11.0. The van der Waals surface area contributed by atoms with Gasteiger partial charge in [-0.15, -0.1) is 0 Å². The molecule has 3 atom stereocenters. The standard InChI is InChI=1S/C16H29N/c1-12-8-13(2)10-15(9-12)11-17-14(3)16-6-4-5-7-16/h8,12,14-17H,4-7,9-11H2,1-3H3/t12?,14-,15?/m0/s1. The summed E-state index contributed by atoms with van der Waals surface area (Å²) in [5.41, 5.74) is 1.60. The summed E-state index contributed by atoms with van der Waals surface area (Å²) in [5, 5.41) is 3.81. The summed E-state index contributed by atoms with van der Waals surface area (Å²) in [6.45, 7) is 8.28. The van der Waals surface area contributed by atoms with Gasteiger partial charge in [-0.25, -0.2) is 0 Å². The van der Waals surface area contributed by atoms with Crippen molar-refractivity contribution in [3.05, 3.63) is 11.6 Å². The maximum atomic E-state index is 3.81. The second-order valence-electron chi connectivity index (χ2n) is 6.54. The van der Waals surface area contributed by atoms with E-state index in [1.807, 2.05) is 0 Å². The van der Waals surface area contributed by atoms with Crippen LogP contribution in [0.2, 0.25) is 0 Å². The van der Waals surface area contributed by atoms with E-state index in [0.717, 1.165) is 23.8 Å². The molecular formula is C16H29N. The first-order chi connectivity index (χ1) is 8.15. The first-order valence-corrected chi connectivity index (χ1v) is 7.56. The molecular weight excluding hydrogens is 206 g/mol. The molecule has 1 nitrogen and oxygen atoms in total. The van der Waals surface area contributed by atoms with Crippen molar-refractivity contribution in [3.8, 4) is 0 Å². The van der Waals surface area contributed by atoms with Crippen molar-refractivity contribution < 1.29 is 0 Å². The maximum Gasteiger partial charge on any atom is 0.00671 e. The zero-order valence-electron chi connectivity index (χ0n) is 11.8. The summed E-state index contributed by atoms with van der Waals surface area (Å²) < 4.78 is 0. The first-order valence-electron chi connectivity index (χ1n) is 7.56. The highest BCUT2D eigenvalue weighted by atomic mass is 14.9. The second-order valence-corrected chi connectivity index (χ2v) is 6.54. The van der Waals surface area contributed by atoms with Gasteiger partial charge in [0.15, 0.2) is 0 Å². The summed E-state index contributed by atoms with van der Waals surface area (Å²) in [4.78, 5) is 0. The molecule has 0 aromatic rings. The van der Waals surface area contributed by atoms with Gasteiger partial charge in [0, 0.05) is 6.04 Å². The van der Waals surface area contributed by atoms with Crippen LogP contribution < -0.4 is 5.32 Å². The van der Waals surface area contributed by atoms with E-state index >= 15 is 0 Å². The summed E-state index contributed by atoms with van der Waals surface area (Å²) in [5.74, 6) is 2.61. The van der Waals surface area contributed by atoms with Gasteiger partial charge in [-0.1, -0.05) is 31.4 Å². The lowest BCUT2D eigenvalue weighted by Gasteiger charge is -2.28. The van der Waals surface area contributed by atoms with Gasteiger partial charge >= 0.3 is 0 Å². The van der Waals surface area contributed by atoms with Gasteiger partial charge in [0.25, 0.3) is 0 Å². The van der Waals surface area contributed by atoms with Crippen LogP contribution in [0.15, 0.2) is 11.6 Å². The van der Waals surface area contributed by atoms with Crippen LogP contribution >= 0.6 is 0 Å². The predicted octanol–water partition coefficient (Wildman–Crippen LogP) is 4.15. The Bertz CT molecular complexity index is 263. The molecule has 17 heavy (non-hydrogen) atoms. The number of hydrogen-bond donors (Lipinski definition) is 1. The Morgan fingerprint density at radius 2 is 2.06 bits per heavy atom. The van der Waals surface area contributed by atoms with Gasteiger partial charge in [-0.3, -0.25) is 0 Å². The zero-order chi connectivity index (χ0) is 12.3. The monoisotopic (exact) mass is 235 g/mol. The minimum Gasteiger partial charge on any atom is -0.314 e. The van der Waals surface area contributed by atoms with E-state index in [-0.39, 0.29) is 0 Å². The van der Waals surface area contributed by atoms with Crippen molar-refractivity contribution in [2.45, 2.75) is 65.3 Å². The van der Waals surface area contributed by atoms with Crippen molar-refractivity contribution in [3.63, 3.8) is 0 Å². The minimum absolute atomic E-state index is 0.735. The fourth-order valence-electron chi connectivity index (χ4n) is 3.82. The van der Waals surface area contributed by atoms with Crippen LogP contribution in [0.5, 0.6) is 0 Å². The second kappa shape index (κ2) is 6.04. The first kappa shape index (κ1) is 13.1. The molecule has 0 bridgehead atoms. The van der Waals surface area contributed by atoms with Crippen LogP contribution in [0.25, 0.3) is 0 Å². The molecule has 0 spiro atoms. The Kier molecular flexibility index (Phi) is 4.67. The van der Waals surface area contributed by atoms with Crippen molar-refractivity contribution in [1.82, 2.24) is 5.32 Å². The predicted molar refractivity (Wildman–Crippen MR) is 75.1 cm³/mol. The molecule has 0 aromatic carbocycles. The van der Waals surface area contributed by atoms with Crippen molar-refractivity contribution >= 4 is 0 Å². The average molecular weight is 235 g/mol. The van der Waals surface area contributed by atoms with E-state index < -0.39 is 0 Å². The quantitative estimate of drug-likeness (QED) is 0.722. The molecule has 1 saturated carbocycles. The molecule has 2 rings (SSSR count). The summed E-state index contributed by atoms with van der Waals surface area (Å²) in [6, 6.07) is 0.735. The van der Waals surface area contributed by atoms with Crippen molar-refractivity contribution in [2.24, 2.45) is 17.8 Å². The maximum absolute atomic E-state index is 3.81. The van der Waals surface area contributed by atoms with Gasteiger partial charge < -0.3 is 5.32 Å². The normalized spacial score (nSPS) is 32.5. The van der Waals surface area contributed by atoms with Crippen LogP contribution in [0, 0.1) is 17.8 Å². The largest absolute Gasteiger partial charge is 0.314 e. The molecule has 1 N–H and O–H groups in total. The average Bonchev–Trinajstić information content (AvgIpc) is 2.78. The van der Waals surface area contributed by atoms with Gasteiger partial charge in [-0.05, 0) is 63.8 Å². The van der Waals surface area contributed by atoms with Gasteiger partial charge in [-0.2, -0.15) is 0 Å². The van der Waals surface area contributed by atoms with Crippen LogP contribution in [0.4, 0.5) is 0 Å². The lowest BCUT2D eigenvalue weighted by molar-refractivity contribution is 0.321. The molecule has 0 aliphatic heterocycles. The topological polar surface area (TPSA) is 12.0 Å². The van der Waals surface area contributed by atoms with E-state index in [1.54, 1.807) is 5.57 Å². The Balaban J connectivity index is 1.72. The molecule has 0 radical (unpaired) electrons. The SMILES string of the molecule is CC1=CC(C)CC(CN[C@@H](C)C2CCCC2)C1. The highest BCUT2D eigenvalue weighted by Gasteiger charge is 2.23. The fraction of sp³-hybridized carbons (Fsp3) is 0.875. The van der Waals surface area contributed by atoms with Crippen LogP contribution in [-0.4, -0.2) is 12.6 Å². The highest BCUT2D eigenvalue weighted by molar-refractivity contribution is 5.06. The highest BCUT2D eigenvalue weighted by Crippen LogP contribution is 2.29. The summed E-state index contributed by atoms with van der Waals surface area (Å²) >= 11 is 0. The van der Waals surface area contributed by atoms with Gasteiger partial charge in [0.1, 0.15) is 0 Å². The molecule has 0 amide bonds. The molecule has 1 heteroatoms. The zero-order valence-corrected chi connectivity index (χ0v) is 11.8. The van der Waals surface area contributed by atoms with Gasteiger partial charge in [0.2, 0.25) is 0 Å². The van der Waals surface area contributed by atoms with E-state index in [1.165, 1.54) is 45.1 Å². The van der Waals surface area contributed by atoms with Crippen molar-refractivity contribution in [2.75, 3.05) is 6.54 Å². The van der Waals surface area contributed by atoms with Gasteiger partial charge in [0.05, 0.1) is 0 Å². The third-order valence-electron chi connectivity index (χ3n) is 4.72. The molecule has 2 aliphatic carbocycles. The Morgan fingerprint density at radius 3 is 2.71 bits per heavy atom. The van der Waals surface area contributed by atoms with Crippen LogP contribution in [-0.2, 0) is 0 Å². The van der Waals surface area contributed by atoms with E-state index in [2.05, 4.69) is 32.2 Å². The Hall–Kier alpha value is -0.300. The molecule has 2 aliphatic rings. The third kappa shape index (κ3) is 3.84. The Labute approximate surface area is 107 Å². The molecule has 2 unspecified atom stereocenters. The van der Waals surface area contributed by atoms with E-state index in [0.29, 0.717) is 0 Å². The number of rotatable bonds is 4. The lowest BCUT2D eigenvalue weighted by atomic mass is 9.83. The molecule has 1 fully saturated rings. The fourth-order valence-corrected chi connectivity index (χ4v) is 3.82. The summed E-state index contributed by atoms with van der Waals surface area (Å²) in [7, 11) is 0. The molecule has 0 aromatic heterocycles. The number of nitrogens with one attached hydrogen (secondary N) is 1. The van der Waals surface area contributed by atoms with E-state index in [4.69, 9.17) is 0 Å². The third-order valence-corrected chi connectivity index (χ3v) is 4.72. The lowest BCUT2D eigenvalue weighted by Crippen LogP contribution is -2.36. The molecule has 98 valence electrons. The Morgan fingerprint density at radius 1 is 1.35 bits per heavy atom. The smallest absolute Gasteiger partial charge is 0.00671 e. The molecule has 0 heterocycles. The number of hydrogen-bond acceptors (Lipinski definition) is 1. The van der Waals surface area contributed by atoms with E-state index in [9.17, 15) is 0 Å². The minimum atomic E-state index is 0.735. The molecule has 0 saturated heterocycles. The van der Waals surface area contributed by atoms with Crippen LogP contribution in [0.1, 0.15) is 59.3 Å².